The van der Waals surface area contributed by atoms with Crippen molar-refractivity contribution in [2.45, 2.75) is 169 Å². The van der Waals surface area contributed by atoms with Gasteiger partial charge in [0.1, 0.15) is 23.0 Å². The Bertz CT molecular complexity index is 1880. The molecule has 2 aliphatic carbocycles. The van der Waals surface area contributed by atoms with Gasteiger partial charge in [0.2, 0.25) is 0 Å². The number of aliphatic carboxylic acids is 4. The van der Waals surface area contributed by atoms with Crippen molar-refractivity contribution in [2.24, 2.45) is 21.7 Å². The summed E-state index contributed by atoms with van der Waals surface area (Å²) in [6.45, 7) is 6.61. The molecule has 0 saturated heterocycles. The van der Waals surface area contributed by atoms with Gasteiger partial charge in [0.15, 0.2) is 23.0 Å². The van der Waals surface area contributed by atoms with Gasteiger partial charge in [-0.1, -0.05) is 38.5 Å². The summed E-state index contributed by atoms with van der Waals surface area (Å²) in [4.78, 5) is 47.5. The van der Waals surface area contributed by atoms with Crippen LogP contribution < -0.4 is 4.74 Å². The number of phenolic OH excluding ortho intramolecular Hbond substituents is 5. The van der Waals surface area contributed by atoms with Gasteiger partial charge in [-0.25, -0.2) is 0 Å². The predicted molar refractivity (Wildman–Crippen MR) is 222 cm³/mol. The molecule has 60 heavy (non-hydrogen) atoms. The normalized spacial score (nSPS) is 18.2. The molecule has 4 rings (SSSR count). The van der Waals surface area contributed by atoms with Crippen LogP contribution in [0.25, 0.3) is 0 Å². The van der Waals surface area contributed by atoms with Gasteiger partial charge in [0, 0.05) is 40.8 Å². The highest BCUT2D eigenvalue weighted by Crippen LogP contribution is 2.54. The van der Waals surface area contributed by atoms with E-state index in [-0.39, 0.29) is 29.4 Å². The Labute approximate surface area is 352 Å². The Balaban J connectivity index is 1.41. The smallest absolute Gasteiger partial charge is 0.313 e. The number of phenols is 5. The summed E-state index contributed by atoms with van der Waals surface area (Å²) >= 11 is 0. The van der Waals surface area contributed by atoms with Crippen molar-refractivity contribution in [3.8, 4) is 34.5 Å². The van der Waals surface area contributed by atoms with Crippen LogP contribution in [0.2, 0.25) is 0 Å². The van der Waals surface area contributed by atoms with E-state index in [0.29, 0.717) is 151 Å². The van der Waals surface area contributed by atoms with Gasteiger partial charge < -0.3 is 50.7 Å². The molecule has 0 amide bonds. The molecule has 2 aromatic carbocycles. The lowest BCUT2D eigenvalue weighted by Crippen LogP contribution is -2.23. The maximum Gasteiger partial charge on any atom is 0.313 e. The second-order valence-electron chi connectivity index (χ2n) is 18.7. The van der Waals surface area contributed by atoms with Crippen LogP contribution >= 0.6 is 0 Å². The van der Waals surface area contributed by atoms with Crippen molar-refractivity contribution in [2.75, 3.05) is 0 Å². The molecule has 2 atom stereocenters. The first-order chi connectivity index (χ1) is 28.1. The molecule has 0 bridgehead atoms. The number of carboxylic acids is 4. The number of hydrogen-bond acceptors (Lipinski definition) is 10. The van der Waals surface area contributed by atoms with Crippen molar-refractivity contribution in [1.82, 2.24) is 0 Å². The lowest BCUT2D eigenvalue weighted by atomic mass is 9.86. The molecule has 2 saturated carbocycles. The second kappa shape index (κ2) is 19.7. The third-order valence-corrected chi connectivity index (χ3v) is 13.2. The summed E-state index contributed by atoms with van der Waals surface area (Å²) in [5.74, 6) is -4.93. The minimum atomic E-state index is -1.19. The molecule has 2 fully saturated rings. The van der Waals surface area contributed by atoms with Crippen LogP contribution in [0.3, 0.4) is 0 Å². The van der Waals surface area contributed by atoms with Crippen LogP contribution in [0, 0.1) is 21.7 Å². The summed E-state index contributed by atoms with van der Waals surface area (Å²) < 4.78 is 6.39. The van der Waals surface area contributed by atoms with Crippen LogP contribution in [0.1, 0.15) is 159 Å². The zero-order valence-electron chi connectivity index (χ0n) is 35.6. The summed E-state index contributed by atoms with van der Waals surface area (Å²) in [6, 6.07) is 2.41. The maximum absolute atomic E-state index is 12.7. The third-order valence-electron chi connectivity index (χ3n) is 13.2. The Kier molecular flexibility index (Phi) is 15.7. The Hall–Kier alpha value is -4.88. The SMILES string of the molecule is CC(C)(CCCCc1c(OC2CC2(CCCCCc2c(O)cc(O)c(O)c2CCCCC(C)(C)C(=O)O)C(=O)O)cc(O)c(O)c1CCCCCC1(C(=O)O)CC1)C(=O)O. The molecular formula is C46H66O14. The number of carbonyl (C=O) groups is 4. The van der Waals surface area contributed by atoms with E-state index in [0.717, 1.165) is 6.07 Å². The molecule has 2 unspecified atom stereocenters. The van der Waals surface area contributed by atoms with E-state index in [1.54, 1.807) is 27.7 Å². The second-order valence-corrected chi connectivity index (χ2v) is 18.7. The van der Waals surface area contributed by atoms with E-state index in [2.05, 4.69) is 0 Å². The zero-order valence-corrected chi connectivity index (χ0v) is 35.6. The number of hydrogen-bond donors (Lipinski definition) is 9. The monoisotopic (exact) mass is 842 g/mol. The van der Waals surface area contributed by atoms with E-state index in [1.165, 1.54) is 6.07 Å². The summed E-state index contributed by atoms with van der Waals surface area (Å²) in [6.07, 6.45) is 9.90. The first-order valence-corrected chi connectivity index (χ1v) is 21.5. The van der Waals surface area contributed by atoms with Gasteiger partial charge in [-0.05, 0) is 118 Å². The summed E-state index contributed by atoms with van der Waals surface area (Å²) in [5, 5.41) is 92.4. The number of benzene rings is 2. The first kappa shape index (κ1) is 47.8. The van der Waals surface area contributed by atoms with Crippen LogP contribution in [0.4, 0.5) is 0 Å². The number of unbranched alkanes of at least 4 members (excludes halogenated alkanes) is 6. The molecule has 0 radical (unpaired) electrons. The average Bonchev–Trinajstić information content (AvgIpc) is 4.10. The number of aromatic hydroxyl groups is 5. The fourth-order valence-electron chi connectivity index (χ4n) is 8.37. The number of rotatable bonds is 28. The van der Waals surface area contributed by atoms with Gasteiger partial charge >= 0.3 is 23.9 Å². The molecular weight excluding hydrogens is 776 g/mol. The van der Waals surface area contributed by atoms with Crippen molar-refractivity contribution in [1.29, 1.82) is 0 Å². The zero-order chi connectivity index (χ0) is 44.6. The first-order valence-electron chi connectivity index (χ1n) is 21.5. The van der Waals surface area contributed by atoms with Crippen LogP contribution in [0.15, 0.2) is 12.1 Å². The number of carboxylic acid groups (broad SMARTS) is 4. The molecule has 2 aromatic rings. The van der Waals surface area contributed by atoms with Crippen molar-refractivity contribution >= 4 is 23.9 Å². The Morgan fingerprint density at radius 1 is 0.567 bits per heavy atom. The molecule has 2 aliphatic rings. The molecule has 14 nitrogen and oxygen atoms in total. The lowest BCUT2D eigenvalue weighted by Gasteiger charge is -2.21. The van der Waals surface area contributed by atoms with Crippen LogP contribution in [-0.4, -0.2) is 75.9 Å². The van der Waals surface area contributed by atoms with Gasteiger partial charge in [0.25, 0.3) is 0 Å². The topological polar surface area (TPSA) is 260 Å². The minimum Gasteiger partial charge on any atom is -0.508 e. The number of ether oxygens (including phenoxy) is 1. The van der Waals surface area contributed by atoms with Crippen molar-refractivity contribution < 1.29 is 69.9 Å². The van der Waals surface area contributed by atoms with E-state index in [4.69, 9.17) is 4.74 Å². The fraction of sp³-hybridized carbons (Fsp3) is 0.652. The maximum atomic E-state index is 12.7. The third kappa shape index (κ3) is 11.7. The van der Waals surface area contributed by atoms with Gasteiger partial charge in [-0.2, -0.15) is 0 Å². The van der Waals surface area contributed by atoms with E-state index >= 15 is 0 Å². The highest BCUT2D eigenvalue weighted by molar-refractivity contribution is 5.79. The minimum absolute atomic E-state index is 0.161. The lowest BCUT2D eigenvalue weighted by molar-refractivity contribution is -0.148. The van der Waals surface area contributed by atoms with Crippen LogP contribution in [0.5, 0.6) is 34.5 Å². The molecule has 0 aromatic heterocycles. The summed E-state index contributed by atoms with van der Waals surface area (Å²) in [5.41, 5.74) is -1.65. The largest absolute Gasteiger partial charge is 0.508 e. The highest BCUT2D eigenvalue weighted by atomic mass is 16.5. The molecule has 0 spiro atoms. The molecule has 0 heterocycles. The van der Waals surface area contributed by atoms with E-state index in [1.807, 2.05) is 0 Å². The summed E-state index contributed by atoms with van der Waals surface area (Å²) in [7, 11) is 0. The molecule has 334 valence electrons. The highest BCUT2D eigenvalue weighted by Gasteiger charge is 2.62. The van der Waals surface area contributed by atoms with Crippen LogP contribution in [-0.2, 0) is 44.9 Å². The Morgan fingerprint density at radius 2 is 1.02 bits per heavy atom. The van der Waals surface area contributed by atoms with Crippen molar-refractivity contribution in [3.05, 3.63) is 34.4 Å². The average molecular weight is 843 g/mol. The molecule has 0 aliphatic heterocycles. The molecule has 14 heteroatoms. The van der Waals surface area contributed by atoms with Gasteiger partial charge in [-0.15, -0.1) is 0 Å². The predicted octanol–water partition coefficient (Wildman–Crippen LogP) is 8.85. The quantitative estimate of drug-likeness (QED) is 0.0220. The van der Waals surface area contributed by atoms with E-state index < -0.39 is 63.1 Å². The molecule has 9 N–H and O–H groups in total. The van der Waals surface area contributed by atoms with Gasteiger partial charge in [0.05, 0.1) is 16.2 Å². The fourth-order valence-corrected chi connectivity index (χ4v) is 8.37. The van der Waals surface area contributed by atoms with E-state index in [9.17, 15) is 65.1 Å². The standard InChI is InChI=1S/C46H66O14/c1-43(2,39(52)53)19-13-9-16-29-31(17-8-5-11-21-45(23-24-45)41(56)57)38(51)34(49)26-35(29)60-36-27-46(36,42(58)59)22-12-6-7-15-28-30(37(50)33(48)25-32(28)47)18-10-14-20-44(3,4)40(54)55/h25-26,36,47-51H,5-24,27H2,1-4H3,(H,52,53)(H,54,55)(H,56,57)(H,58,59). The Morgan fingerprint density at radius 3 is 1.50 bits per heavy atom. The van der Waals surface area contributed by atoms with Crippen molar-refractivity contribution in [3.63, 3.8) is 0 Å². The van der Waals surface area contributed by atoms with Gasteiger partial charge in [-0.3, -0.25) is 19.2 Å².